The van der Waals surface area contributed by atoms with E-state index in [0.717, 1.165) is 56.0 Å². The van der Waals surface area contributed by atoms with E-state index in [1.807, 2.05) is 0 Å². The van der Waals surface area contributed by atoms with Gasteiger partial charge in [0, 0.05) is 36.9 Å². The van der Waals surface area contributed by atoms with Gasteiger partial charge in [0.25, 0.3) is 11.4 Å². The van der Waals surface area contributed by atoms with Crippen molar-refractivity contribution in [1.82, 2.24) is 9.80 Å². The molecule has 2 aliphatic rings. The van der Waals surface area contributed by atoms with E-state index >= 15 is 0 Å². The van der Waals surface area contributed by atoms with E-state index in [-0.39, 0.29) is 45.4 Å². The monoisotopic (exact) mass is 506 g/mol. The smallest absolute Gasteiger partial charge is 0.274 e. The number of likely N-dealkylation sites (tertiary alicyclic amines) is 1. The van der Waals surface area contributed by atoms with Gasteiger partial charge in [-0.25, -0.2) is 0 Å². The van der Waals surface area contributed by atoms with Gasteiger partial charge in [0.15, 0.2) is 0 Å². The summed E-state index contributed by atoms with van der Waals surface area (Å²) in [7, 11) is 1.66. The van der Waals surface area contributed by atoms with Crippen molar-refractivity contribution >= 4 is 40.5 Å². The number of halogens is 2. The lowest BCUT2D eigenvalue weighted by Gasteiger charge is -2.43. The van der Waals surface area contributed by atoms with Gasteiger partial charge in [-0.2, -0.15) is 0 Å². The van der Waals surface area contributed by atoms with Gasteiger partial charge < -0.3 is 4.90 Å². The van der Waals surface area contributed by atoms with Crippen molar-refractivity contribution in [2.24, 2.45) is 0 Å². The van der Waals surface area contributed by atoms with Crippen LogP contribution in [0.2, 0.25) is 10.0 Å². The molecule has 0 N–H and O–H groups in total. The fourth-order valence-corrected chi connectivity index (χ4v) is 5.47. The minimum atomic E-state index is -0.586. The molecule has 1 amide bonds. The first-order valence-electron chi connectivity index (χ1n) is 11.1. The average Bonchev–Trinajstić information content (AvgIpc) is 3.34. The van der Waals surface area contributed by atoms with E-state index in [1.165, 1.54) is 12.1 Å². The van der Waals surface area contributed by atoms with Crippen molar-refractivity contribution in [2.75, 3.05) is 20.1 Å². The molecule has 1 saturated heterocycles. The average molecular weight is 507 g/mol. The van der Waals surface area contributed by atoms with E-state index < -0.39 is 15.9 Å². The summed E-state index contributed by atoms with van der Waals surface area (Å²) in [6.07, 6.45) is 3.48. The number of rotatable bonds is 6. The Kier molecular flexibility index (Phi) is 7.06. The number of hydrogen-bond acceptors (Lipinski definition) is 6. The van der Waals surface area contributed by atoms with Crippen LogP contribution in [0.1, 0.15) is 42.0 Å². The Morgan fingerprint density at radius 2 is 1.76 bits per heavy atom. The SMILES string of the molecule is CN(C(=O)Cc1cc(Cl)c(Cl)cc1[N+](=O)[O-])[C@H]1c2cc([N+](=O)[O-])ccc2CC[C@@H]1N1CCCC1. The molecule has 2 aromatic carbocycles. The number of non-ortho nitro benzene ring substituents is 1. The first-order valence-corrected chi connectivity index (χ1v) is 11.8. The third kappa shape index (κ3) is 4.73. The Bertz CT molecular complexity index is 1150. The molecule has 4 rings (SSSR count). The number of nitro groups is 2. The summed E-state index contributed by atoms with van der Waals surface area (Å²) in [6, 6.07) is 6.93. The van der Waals surface area contributed by atoms with Gasteiger partial charge in [-0.1, -0.05) is 29.3 Å². The predicted octanol–water partition coefficient (Wildman–Crippen LogP) is 4.96. The van der Waals surface area contributed by atoms with Crippen LogP contribution in [0.25, 0.3) is 0 Å². The van der Waals surface area contributed by atoms with Crippen LogP contribution >= 0.6 is 23.2 Å². The van der Waals surface area contributed by atoms with Gasteiger partial charge in [-0.3, -0.25) is 29.9 Å². The van der Waals surface area contributed by atoms with Gasteiger partial charge in [0.1, 0.15) is 0 Å². The molecule has 1 aliphatic heterocycles. The van der Waals surface area contributed by atoms with Gasteiger partial charge in [0.2, 0.25) is 5.91 Å². The molecule has 2 atom stereocenters. The minimum Gasteiger partial charge on any atom is -0.337 e. The molecule has 1 heterocycles. The third-order valence-electron chi connectivity index (χ3n) is 6.81. The zero-order chi connectivity index (χ0) is 24.6. The van der Waals surface area contributed by atoms with Gasteiger partial charge >= 0.3 is 0 Å². The molecule has 0 bridgehead atoms. The third-order valence-corrected chi connectivity index (χ3v) is 7.54. The van der Waals surface area contributed by atoms with Crippen molar-refractivity contribution in [2.45, 2.75) is 44.2 Å². The fourth-order valence-electron chi connectivity index (χ4n) is 5.12. The molecule has 11 heteroatoms. The van der Waals surface area contributed by atoms with E-state index in [2.05, 4.69) is 4.90 Å². The lowest BCUT2D eigenvalue weighted by Crippen LogP contribution is -2.48. The van der Waals surface area contributed by atoms with E-state index in [4.69, 9.17) is 23.2 Å². The van der Waals surface area contributed by atoms with Crippen molar-refractivity contribution < 1.29 is 14.6 Å². The Morgan fingerprint density at radius 1 is 1.09 bits per heavy atom. The number of fused-ring (bicyclic) bond motifs is 1. The van der Waals surface area contributed by atoms with Crippen molar-refractivity contribution in [3.63, 3.8) is 0 Å². The number of carbonyl (C=O) groups excluding carboxylic acids is 1. The van der Waals surface area contributed by atoms with Crippen LogP contribution in [0.5, 0.6) is 0 Å². The second-order valence-corrected chi connectivity index (χ2v) is 9.58. The van der Waals surface area contributed by atoms with E-state index in [9.17, 15) is 25.0 Å². The molecule has 0 spiro atoms. The highest BCUT2D eigenvalue weighted by atomic mass is 35.5. The maximum atomic E-state index is 13.4. The minimum absolute atomic E-state index is 0.00902. The highest BCUT2D eigenvalue weighted by molar-refractivity contribution is 6.42. The number of amides is 1. The molecule has 9 nitrogen and oxygen atoms in total. The number of benzene rings is 2. The maximum absolute atomic E-state index is 13.4. The summed E-state index contributed by atoms with van der Waals surface area (Å²) in [5.74, 6) is -0.338. The van der Waals surface area contributed by atoms with Crippen LogP contribution in [0.3, 0.4) is 0 Å². The zero-order valence-electron chi connectivity index (χ0n) is 18.6. The molecule has 0 saturated carbocycles. The number of nitrogens with zero attached hydrogens (tertiary/aromatic N) is 4. The second kappa shape index (κ2) is 9.85. The first kappa shape index (κ1) is 24.4. The number of nitro benzene ring substituents is 2. The molecule has 2 aromatic rings. The molecule has 0 aromatic heterocycles. The molecule has 0 unspecified atom stereocenters. The molecule has 1 aliphatic carbocycles. The Morgan fingerprint density at radius 3 is 2.41 bits per heavy atom. The molecule has 34 heavy (non-hydrogen) atoms. The van der Waals surface area contributed by atoms with Crippen LogP contribution in [-0.4, -0.2) is 51.7 Å². The fraction of sp³-hybridized carbons (Fsp3) is 0.435. The molecule has 1 fully saturated rings. The maximum Gasteiger partial charge on any atom is 0.274 e. The zero-order valence-corrected chi connectivity index (χ0v) is 20.1. The largest absolute Gasteiger partial charge is 0.337 e. The van der Waals surface area contributed by atoms with Crippen molar-refractivity contribution in [1.29, 1.82) is 0 Å². The van der Waals surface area contributed by atoms with Crippen molar-refractivity contribution in [3.05, 3.63) is 77.3 Å². The van der Waals surface area contributed by atoms with Crippen molar-refractivity contribution in [3.8, 4) is 0 Å². The lowest BCUT2D eigenvalue weighted by molar-refractivity contribution is -0.385. The van der Waals surface area contributed by atoms with E-state index in [1.54, 1.807) is 24.1 Å². The molecular weight excluding hydrogens is 483 g/mol. The van der Waals surface area contributed by atoms with Crippen LogP contribution in [0.4, 0.5) is 11.4 Å². The Labute approximate surface area is 206 Å². The first-order chi connectivity index (χ1) is 16.2. The summed E-state index contributed by atoms with van der Waals surface area (Å²) in [6.45, 7) is 1.82. The molecule has 0 radical (unpaired) electrons. The predicted molar refractivity (Wildman–Crippen MR) is 128 cm³/mol. The van der Waals surface area contributed by atoms with Gasteiger partial charge in [-0.15, -0.1) is 0 Å². The Hall–Kier alpha value is -2.75. The topological polar surface area (TPSA) is 110 Å². The number of aryl methyl sites for hydroxylation is 1. The van der Waals surface area contributed by atoms with Gasteiger partial charge in [0.05, 0.1) is 32.4 Å². The van der Waals surface area contributed by atoms with Crippen LogP contribution < -0.4 is 0 Å². The second-order valence-electron chi connectivity index (χ2n) is 8.77. The van der Waals surface area contributed by atoms with Crippen LogP contribution in [0, 0.1) is 20.2 Å². The highest BCUT2D eigenvalue weighted by Gasteiger charge is 2.39. The number of likely N-dealkylation sites (N-methyl/N-ethyl adjacent to an activating group) is 1. The number of carbonyl (C=O) groups is 1. The summed E-state index contributed by atoms with van der Waals surface area (Å²) >= 11 is 12.0. The standard InChI is InChI=1S/C23H24Cl2N4O5/c1-26(22(30)11-15-10-18(24)19(25)13-21(15)29(33)34)23-17-12-16(28(31)32)6-4-14(17)5-7-20(23)27-8-2-3-9-27/h4,6,10,12-13,20,23H,2-3,5,7-9,11H2,1H3/t20-,23-/m0/s1. The quantitative estimate of drug-likeness (QED) is 0.404. The highest BCUT2D eigenvalue weighted by Crippen LogP contribution is 2.40. The van der Waals surface area contributed by atoms with Crippen LogP contribution in [-0.2, 0) is 17.6 Å². The van der Waals surface area contributed by atoms with E-state index in [0.29, 0.717) is 0 Å². The summed E-state index contributed by atoms with van der Waals surface area (Å²) in [5.41, 5.74) is 1.62. The van der Waals surface area contributed by atoms with Crippen LogP contribution in [0.15, 0.2) is 30.3 Å². The molecular formula is C23H24Cl2N4O5. The summed E-state index contributed by atoms with van der Waals surface area (Å²) < 4.78 is 0. The summed E-state index contributed by atoms with van der Waals surface area (Å²) in [4.78, 5) is 39.4. The lowest BCUT2D eigenvalue weighted by atomic mass is 9.82. The molecule has 180 valence electrons. The van der Waals surface area contributed by atoms with Gasteiger partial charge in [-0.05, 0) is 56.0 Å². The summed E-state index contributed by atoms with van der Waals surface area (Å²) in [5, 5.41) is 23.2. The number of hydrogen-bond donors (Lipinski definition) is 0. The normalized spacial score (nSPS) is 20.1. The Balaban J connectivity index is 1.71.